The van der Waals surface area contributed by atoms with Crippen molar-refractivity contribution >= 4 is 11.8 Å². The van der Waals surface area contributed by atoms with E-state index in [0.29, 0.717) is 41.7 Å². The Morgan fingerprint density at radius 3 is 2.56 bits per heavy atom. The standard InChI is InChI=1S/C19H19F2N5O/c20-14-6-5-13(10-15(14)21)12-24-18-11-17(16-4-1-2-7-22-16)25-19(26-18)23-8-3-9-27/h1-2,4-7,10-11,27H,3,8-9,12H2,(H2,23,24,25,26). The van der Waals surface area contributed by atoms with Crippen molar-refractivity contribution in [2.24, 2.45) is 0 Å². The Morgan fingerprint density at radius 2 is 1.81 bits per heavy atom. The van der Waals surface area contributed by atoms with E-state index in [0.717, 1.165) is 12.1 Å². The Labute approximate surface area is 155 Å². The normalized spacial score (nSPS) is 10.6. The molecule has 0 fully saturated rings. The summed E-state index contributed by atoms with van der Waals surface area (Å²) in [6.07, 6.45) is 2.24. The van der Waals surface area contributed by atoms with Gasteiger partial charge in [-0.1, -0.05) is 12.1 Å². The van der Waals surface area contributed by atoms with E-state index in [4.69, 9.17) is 5.11 Å². The maximum absolute atomic E-state index is 13.4. The number of nitrogens with zero attached hydrogens (tertiary/aromatic N) is 3. The monoisotopic (exact) mass is 371 g/mol. The van der Waals surface area contributed by atoms with E-state index >= 15 is 0 Å². The smallest absolute Gasteiger partial charge is 0.225 e. The van der Waals surface area contributed by atoms with Gasteiger partial charge in [0.1, 0.15) is 5.82 Å². The van der Waals surface area contributed by atoms with Gasteiger partial charge >= 0.3 is 0 Å². The van der Waals surface area contributed by atoms with E-state index in [2.05, 4.69) is 25.6 Å². The fourth-order valence-electron chi connectivity index (χ4n) is 2.38. The fraction of sp³-hybridized carbons (Fsp3) is 0.211. The van der Waals surface area contributed by atoms with Crippen molar-refractivity contribution < 1.29 is 13.9 Å². The molecule has 1 aromatic carbocycles. The van der Waals surface area contributed by atoms with Crippen LogP contribution in [0.1, 0.15) is 12.0 Å². The van der Waals surface area contributed by atoms with Gasteiger partial charge in [0.25, 0.3) is 0 Å². The zero-order chi connectivity index (χ0) is 19.1. The third-order valence-electron chi connectivity index (χ3n) is 3.73. The summed E-state index contributed by atoms with van der Waals surface area (Å²) in [5, 5.41) is 15.1. The van der Waals surface area contributed by atoms with E-state index in [9.17, 15) is 8.78 Å². The summed E-state index contributed by atoms with van der Waals surface area (Å²) in [5.41, 5.74) is 1.88. The van der Waals surface area contributed by atoms with Gasteiger partial charge in [-0.25, -0.2) is 13.8 Å². The number of rotatable bonds is 8. The molecule has 3 aromatic rings. The fourth-order valence-corrected chi connectivity index (χ4v) is 2.38. The van der Waals surface area contributed by atoms with Crippen molar-refractivity contribution in [1.29, 1.82) is 0 Å². The molecule has 2 heterocycles. The SMILES string of the molecule is OCCCNc1nc(NCc2ccc(F)c(F)c2)cc(-c2ccccn2)n1. The summed E-state index contributed by atoms with van der Waals surface area (Å²) in [6.45, 7) is 0.852. The van der Waals surface area contributed by atoms with Gasteiger partial charge in [-0.15, -0.1) is 0 Å². The first-order valence-electron chi connectivity index (χ1n) is 8.49. The Balaban J connectivity index is 1.81. The zero-order valence-corrected chi connectivity index (χ0v) is 14.5. The van der Waals surface area contributed by atoms with Crippen LogP contribution >= 0.6 is 0 Å². The van der Waals surface area contributed by atoms with Crippen LogP contribution in [0.25, 0.3) is 11.4 Å². The molecule has 140 valence electrons. The number of aliphatic hydroxyl groups is 1. The highest BCUT2D eigenvalue weighted by Gasteiger charge is 2.08. The molecular weight excluding hydrogens is 352 g/mol. The highest BCUT2D eigenvalue weighted by molar-refractivity contribution is 5.60. The van der Waals surface area contributed by atoms with Gasteiger partial charge in [0.15, 0.2) is 11.6 Å². The zero-order valence-electron chi connectivity index (χ0n) is 14.5. The Kier molecular flexibility index (Phi) is 6.22. The van der Waals surface area contributed by atoms with Gasteiger partial charge in [-0.3, -0.25) is 4.98 Å². The quantitative estimate of drug-likeness (QED) is 0.528. The maximum Gasteiger partial charge on any atom is 0.225 e. The van der Waals surface area contributed by atoms with Crippen LogP contribution in [0.2, 0.25) is 0 Å². The van der Waals surface area contributed by atoms with E-state index in [1.165, 1.54) is 6.07 Å². The number of hydrogen-bond donors (Lipinski definition) is 3. The van der Waals surface area contributed by atoms with Gasteiger partial charge in [-0.05, 0) is 36.2 Å². The Morgan fingerprint density at radius 1 is 0.926 bits per heavy atom. The average Bonchev–Trinajstić information content (AvgIpc) is 2.70. The minimum Gasteiger partial charge on any atom is -0.396 e. The molecule has 2 aromatic heterocycles. The number of aliphatic hydroxyl groups excluding tert-OH is 1. The number of pyridine rings is 1. The van der Waals surface area contributed by atoms with Gasteiger partial charge < -0.3 is 15.7 Å². The molecule has 27 heavy (non-hydrogen) atoms. The molecule has 0 radical (unpaired) electrons. The molecule has 0 amide bonds. The molecule has 3 rings (SSSR count). The van der Waals surface area contributed by atoms with E-state index in [-0.39, 0.29) is 13.2 Å². The van der Waals surface area contributed by atoms with Crippen LogP contribution in [0.15, 0.2) is 48.7 Å². The molecule has 0 spiro atoms. The van der Waals surface area contributed by atoms with E-state index in [1.807, 2.05) is 18.2 Å². The van der Waals surface area contributed by atoms with E-state index < -0.39 is 11.6 Å². The molecule has 8 heteroatoms. The molecule has 0 saturated carbocycles. The summed E-state index contributed by atoms with van der Waals surface area (Å²) < 4.78 is 26.4. The van der Waals surface area contributed by atoms with Gasteiger partial charge in [-0.2, -0.15) is 4.98 Å². The molecule has 0 aliphatic heterocycles. The minimum atomic E-state index is -0.891. The molecule has 3 N–H and O–H groups in total. The molecule has 0 atom stereocenters. The molecule has 0 saturated heterocycles. The van der Waals surface area contributed by atoms with Crippen LogP contribution in [0, 0.1) is 11.6 Å². The lowest BCUT2D eigenvalue weighted by molar-refractivity contribution is 0.292. The van der Waals surface area contributed by atoms with Crippen LogP contribution in [0.3, 0.4) is 0 Å². The Bertz CT molecular complexity index is 893. The Hall–Kier alpha value is -3.13. The van der Waals surface area contributed by atoms with E-state index in [1.54, 1.807) is 12.3 Å². The lowest BCUT2D eigenvalue weighted by Crippen LogP contribution is -2.10. The van der Waals surface area contributed by atoms with Crippen LogP contribution < -0.4 is 10.6 Å². The molecular formula is C19H19F2N5O. The highest BCUT2D eigenvalue weighted by Crippen LogP contribution is 2.20. The van der Waals surface area contributed by atoms with Crippen molar-refractivity contribution in [2.75, 3.05) is 23.8 Å². The van der Waals surface area contributed by atoms with Crippen molar-refractivity contribution in [1.82, 2.24) is 15.0 Å². The summed E-state index contributed by atoms with van der Waals surface area (Å²) in [4.78, 5) is 13.1. The lowest BCUT2D eigenvalue weighted by atomic mass is 10.2. The second-order valence-corrected chi connectivity index (χ2v) is 5.78. The average molecular weight is 371 g/mol. The highest BCUT2D eigenvalue weighted by atomic mass is 19.2. The molecule has 6 nitrogen and oxygen atoms in total. The number of hydrogen-bond acceptors (Lipinski definition) is 6. The van der Waals surface area contributed by atoms with Gasteiger partial charge in [0.05, 0.1) is 11.4 Å². The van der Waals surface area contributed by atoms with Crippen LogP contribution in [-0.4, -0.2) is 33.2 Å². The van der Waals surface area contributed by atoms with Crippen molar-refractivity contribution in [3.63, 3.8) is 0 Å². The third-order valence-corrected chi connectivity index (χ3v) is 3.73. The summed E-state index contributed by atoms with van der Waals surface area (Å²) in [7, 11) is 0. The summed E-state index contributed by atoms with van der Waals surface area (Å²) in [6, 6.07) is 11.0. The van der Waals surface area contributed by atoms with Crippen LogP contribution in [0.4, 0.5) is 20.5 Å². The van der Waals surface area contributed by atoms with Crippen molar-refractivity contribution in [2.45, 2.75) is 13.0 Å². The molecule has 0 aliphatic carbocycles. The minimum absolute atomic E-state index is 0.0637. The first-order valence-corrected chi connectivity index (χ1v) is 8.49. The number of anilines is 2. The van der Waals surface area contributed by atoms with Crippen LogP contribution in [0.5, 0.6) is 0 Å². The third kappa shape index (κ3) is 5.18. The summed E-state index contributed by atoms with van der Waals surface area (Å²) >= 11 is 0. The predicted octanol–water partition coefficient (Wildman–Crippen LogP) is 3.22. The van der Waals surface area contributed by atoms with Gasteiger partial charge in [0, 0.05) is 32.0 Å². The topological polar surface area (TPSA) is 83.0 Å². The lowest BCUT2D eigenvalue weighted by Gasteiger charge is -2.11. The molecule has 0 aliphatic rings. The van der Waals surface area contributed by atoms with Crippen molar-refractivity contribution in [3.05, 3.63) is 65.9 Å². The number of aromatic nitrogens is 3. The van der Waals surface area contributed by atoms with Crippen molar-refractivity contribution in [3.8, 4) is 11.4 Å². The molecule has 0 unspecified atom stereocenters. The first kappa shape index (κ1) is 18.7. The number of halogens is 2. The van der Waals surface area contributed by atoms with Gasteiger partial charge in [0.2, 0.25) is 5.95 Å². The second-order valence-electron chi connectivity index (χ2n) is 5.78. The van der Waals surface area contributed by atoms with Crippen LogP contribution in [-0.2, 0) is 6.54 Å². The molecule has 0 bridgehead atoms. The largest absolute Gasteiger partial charge is 0.396 e. The maximum atomic E-state index is 13.4. The number of nitrogens with one attached hydrogen (secondary N) is 2. The number of benzene rings is 1. The second kappa shape index (κ2) is 9.00. The predicted molar refractivity (Wildman–Crippen MR) is 99.1 cm³/mol. The summed E-state index contributed by atoms with van der Waals surface area (Å²) in [5.74, 6) is -0.868. The first-order chi connectivity index (χ1) is 13.2.